The topological polar surface area (TPSA) is 43.8 Å². The third-order valence-corrected chi connectivity index (χ3v) is 1.92. The Hall–Kier alpha value is -1.04. The molecule has 80 valence electrons. The molecule has 0 amide bonds. The fourth-order valence-corrected chi connectivity index (χ4v) is 1.15. The molecular weight excluding hydrogens is 195 g/mol. The summed E-state index contributed by atoms with van der Waals surface area (Å²) in [6.45, 7) is 3.54. The van der Waals surface area contributed by atoms with Gasteiger partial charge in [0.1, 0.15) is 6.04 Å². The van der Waals surface area contributed by atoms with Crippen molar-refractivity contribution in [3.8, 4) is 0 Å². The highest BCUT2D eigenvalue weighted by atomic mass is 19.4. The van der Waals surface area contributed by atoms with Crippen LogP contribution < -0.4 is 5.73 Å². The Labute approximate surface area is 79.7 Å². The van der Waals surface area contributed by atoms with Crippen LogP contribution >= 0.6 is 0 Å². The fraction of sp³-hybridized carbons (Fsp3) is 0.625. The van der Waals surface area contributed by atoms with E-state index in [0.717, 1.165) is 6.20 Å². The second kappa shape index (κ2) is 3.61. The zero-order valence-corrected chi connectivity index (χ0v) is 7.92. The summed E-state index contributed by atoms with van der Waals surface area (Å²) in [5.41, 5.74) is 5.06. The smallest absolute Gasteiger partial charge is 0.330 e. The highest BCUT2D eigenvalue weighted by molar-refractivity contribution is 5.08. The molecule has 3 nitrogen and oxygen atoms in total. The standard InChI is InChI=1S/C8H12F3N3/c1-5(2)14-4-13-3-6(14)7(12)8(9,10)11/h3-5,7H,12H2,1-2H3. The molecule has 0 aliphatic heterocycles. The van der Waals surface area contributed by atoms with E-state index in [2.05, 4.69) is 4.98 Å². The van der Waals surface area contributed by atoms with E-state index < -0.39 is 12.2 Å². The van der Waals surface area contributed by atoms with Crippen molar-refractivity contribution < 1.29 is 13.2 Å². The fourth-order valence-electron chi connectivity index (χ4n) is 1.15. The van der Waals surface area contributed by atoms with Crippen molar-refractivity contribution >= 4 is 0 Å². The molecule has 0 aromatic carbocycles. The van der Waals surface area contributed by atoms with E-state index in [0.29, 0.717) is 0 Å². The van der Waals surface area contributed by atoms with Crippen molar-refractivity contribution in [3.63, 3.8) is 0 Å². The van der Waals surface area contributed by atoms with E-state index in [4.69, 9.17) is 5.73 Å². The van der Waals surface area contributed by atoms with Crippen molar-refractivity contribution in [2.45, 2.75) is 32.1 Å². The molecule has 2 N–H and O–H groups in total. The molecule has 0 bridgehead atoms. The van der Waals surface area contributed by atoms with Crippen molar-refractivity contribution in [3.05, 3.63) is 18.2 Å². The van der Waals surface area contributed by atoms with Crippen LogP contribution in [0.1, 0.15) is 31.6 Å². The van der Waals surface area contributed by atoms with Crippen LogP contribution in [0.25, 0.3) is 0 Å². The normalized spacial score (nSPS) is 14.8. The van der Waals surface area contributed by atoms with E-state index in [9.17, 15) is 13.2 Å². The van der Waals surface area contributed by atoms with Crippen molar-refractivity contribution in [2.75, 3.05) is 0 Å². The second-order valence-corrected chi connectivity index (χ2v) is 3.34. The van der Waals surface area contributed by atoms with Crippen LogP contribution in [0.2, 0.25) is 0 Å². The first-order chi connectivity index (χ1) is 6.34. The van der Waals surface area contributed by atoms with Gasteiger partial charge in [-0.3, -0.25) is 0 Å². The lowest BCUT2D eigenvalue weighted by Crippen LogP contribution is -2.30. The number of aromatic nitrogens is 2. The Balaban J connectivity index is 3.01. The SMILES string of the molecule is CC(C)n1cncc1C(N)C(F)(F)F. The van der Waals surface area contributed by atoms with E-state index in [1.165, 1.54) is 10.9 Å². The highest BCUT2D eigenvalue weighted by Gasteiger charge is 2.39. The first kappa shape index (κ1) is 11.0. The van der Waals surface area contributed by atoms with Gasteiger partial charge < -0.3 is 10.3 Å². The van der Waals surface area contributed by atoms with Gasteiger partial charge in [0.15, 0.2) is 0 Å². The number of imidazole rings is 1. The number of halogens is 3. The quantitative estimate of drug-likeness (QED) is 0.806. The molecule has 0 aliphatic rings. The number of nitrogens with zero attached hydrogens (tertiary/aromatic N) is 2. The van der Waals surface area contributed by atoms with E-state index in [1.54, 1.807) is 13.8 Å². The molecule has 1 rings (SSSR count). The van der Waals surface area contributed by atoms with Crippen molar-refractivity contribution in [1.29, 1.82) is 0 Å². The monoisotopic (exact) mass is 207 g/mol. The molecule has 1 aromatic heterocycles. The molecule has 6 heteroatoms. The van der Waals surface area contributed by atoms with Gasteiger partial charge in [-0.05, 0) is 13.8 Å². The lowest BCUT2D eigenvalue weighted by Gasteiger charge is -2.19. The molecule has 0 spiro atoms. The summed E-state index contributed by atoms with van der Waals surface area (Å²) in [7, 11) is 0. The van der Waals surface area contributed by atoms with Gasteiger partial charge in [-0.2, -0.15) is 13.2 Å². The summed E-state index contributed by atoms with van der Waals surface area (Å²) in [5.74, 6) is 0. The predicted octanol–water partition coefficient (Wildman–Crippen LogP) is 2.03. The lowest BCUT2D eigenvalue weighted by molar-refractivity contribution is -0.150. The van der Waals surface area contributed by atoms with E-state index in [-0.39, 0.29) is 11.7 Å². The summed E-state index contributed by atoms with van der Waals surface area (Å²) < 4.78 is 38.3. The molecule has 0 radical (unpaired) electrons. The summed E-state index contributed by atoms with van der Waals surface area (Å²) in [4.78, 5) is 3.66. The zero-order valence-electron chi connectivity index (χ0n) is 7.92. The van der Waals surface area contributed by atoms with Crippen LogP contribution in [-0.2, 0) is 0 Å². The third kappa shape index (κ3) is 2.06. The van der Waals surface area contributed by atoms with Gasteiger partial charge in [-0.1, -0.05) is 0 Å². The zero-order chi connectivity index (χ0) is 10.9. The van der Waals surface area contributed by atoms with Crippen LogP contribution in [0.4, 0.5) is 13.2 Å². The Morgan fingerprint density at radius 3 is 2.43 bits per heavy atom. The van der Waals surface area contributed by atoms with Crippen LogP contribution in [-0.4, -0.2) is 15.7 Å². The number of hydrogen-bond donors (Lipinski definition) is 1. The summed E-state index contributed by atoms with van der Waals surface area (Å²) in [6, 6.07) is -2.05. The van der Waals surface area contributed by atoms with Gasteiger partial charge in [0.2, 0.25) is 0 Å². The van der Waals surface area contributed by atoms with Gasteiger partial charge >= 0.3 is 6.18 Å². The average Bonchev–Trinajstić information content (AvgIpc) is 2.48. The van der Waals surface area contributed by atoms with Gasteiger partial charge in [0.25, 0.3) is 0 Å². The van der Waals surface area contributed by atoms with Crippen LogP contribution in [0, 0.1) is 0 Å². The molecular formula is C8H12F3N3. The van der Waals surface area contributed by atoms with Crippen molar-refractivity contribution in [1.82, 2.24) is 9.55 Å². The maximum absolute atomic E-state index is 12.3. The van der Waals surface area contributed by atoms with Gasteiger partial charge in [0.05, 0.1) is 18.2 Å². The van der Waals surface area contributed by atoms with Gasteiger partial charge in [-0.15, -0.1) is 0 Å². The molecule has 0 saturated heterocycles. The maximum Gasteiger partial charge on any atom is 0.409 e. The van der Waals surface area contributed by atoms with E-state index in [1.807, 2.05) is 0 Å². The minimum Gasteiger partial charge on any atom is -0.330 e. The first-order valence-corrected chi connectivity index (χ1v) is 4.18. The Morgan fingerprint density at radius 2 is 2.00 bits per heavy atom. The van der Waals surface area contributed by atoms with Crippen molar-refractivity contribution in [2.24, 2.45) is 5.73 Å². The minimum absolute atomic E-state index is 0.00694. The molecule has 1 atom stereocenters. The molecule has 14 heavy (non-hydrogen) atoms. The molecule has 0 aliphatic carbocycles. The largest absolute Gasteiger partial charge is 0.409 e. The minimum atomic E-state index is -4.42. The molecule has 1 aromatic rings. The van der Waals surface area contributed by atoms with Crippen LogP contribution in [0.5, 0.6) is 0 Å². The highest BCUT2D eigenvalue weighted by Crippen LogP contribution is 2.31. The molecule has 0 saturated carbocycles. The maximum atomic E-state index is 12.3. The molecule has 1 heterocycles. The Morgan fingerprint density at radius 1 is 1.43 bits per heavy atom. The second-order valence-electron chi connectivity index (χ2n) is 3.34. The van der Waals surface area contributed by atoms with Crippen LogP contribution in [0.15, 0.2) is 12.5 Å². The van der Waals surface area contributed by atoms with Gasteiger partial charge in [0, 0.05) is 6.04 Å². The summed E-state index contributed by atoms with van der Waals surface area (Å²) in [5, 5.41) is 0. The number of hydrogen-bond acceptors (Lipinski definition) is 2. The van der Waals surface area contributed by atoms with Crippen LogP contribution in [0.3, 0.4) is 0 Å². The lowest BCUT2D eigenvalue weighted by atomic mass is 10.2. The number of alkyl halides is 3. The molecule has 0 fully saturated rings. The summed E-state index contributed by atoms with van der Waals surface area (Å²) in [6.07, 6.45) is -1.92. The van der Waals surface area contributed by atoms with Gasteiger partial charge in [-0.25, -0.2) is 4.98 Å². The molecule has 1 unspecified atom stereocenters. The number of rotatable bonds is 2. The predicted molar refractivity (Wildman–Crippen MR) is 45.6 cm³/mol. The average molecular weight is 207 g/mol. The Kier molecular flexibility index (Phi) is 2.84. The first-order valence-electron chi connectivity index (χ1n) is 4.18. The van der Waals surface area contributed by atoms with E-state index >= 15 is 0 Å². The summed E-state index contributed by atoms with van der Waals surface area (Å²) >= 11 is 0. The third-order valence-electron chi connectivity index (χ3n) is 1.92. The Bertz CT molecular complexity index is 303. The number of nitrogens with two attached hydrogens (primary N) is 1.